The second-order valence-electron chi connectivity index (χ2n) is 4.61. The van der Waals surface area contributed by atoms with Crippen LogP contribution in [0.15, 0.2) is 29.8 Å². The molecular formula is C14H14N2OS. The van der Waals surface area contributed by atoms with Crippen LogP contribution in [0.3, 0.4) is 0 Å². The van der Waals surface area contributed by atoms with Crippen LogP contribution in [0, 0.1) is 6.92 Å². The van der Waals surface area contributed by atoms with E-state index in [4.69, 9.17) is 0 Å². The number of carbonyl (C=O) groups excluding carboxylic acids is 1. The smallest absolute Gasteiger partial charge is 0.278 e. The van der Waals surface area contributed by atoms with Crippen molar-refractivity contribution in [1.82, 2.24) is 4.98 Å². The molecule has 92 valence electrons. The van der Waals surface area contributed by atoms with E-state index < -0.39 is 0 Å². The molecule has 1 amide bonds. The summed E-state index contributed by atoms with van der Waals surface area (Å²) in [6, 6.07) is 8.31. The van der Waals surface area contributed by atoms with Gasteiger partial charge in [0.2, 0.25) is 0 Å². The molecule has 1 aromatic carbocycles. The monoisotopic (exact) mass is 258 g/mol. The van der Waals surface area contributed by atoms with Gasteiger partial charge in [0.05, 0.1) is 5.51 Å². The van der Waals surface area contributed by atoms with Crippen molar-refractivity contribution in [3.05, 3.63) is 45.9 Å². The molecule has 3 nitrogen and oxygen atoms in total. The molecule has 0 N–H and O–H groups in total. The molecule has 2 heterocycles. The molecule has 3 rings (SSSR count). The minimum Gasteiger partial charge on any atom is -0.304 e. The fourth-order valence-electron chi connectivity index (χ4n) is 2.50. The predicted molar refractivity (Wildman–Crippen MR) is 73.3 cm³/mol. The summed E-state index contributed by atoms with van der Waals surface area (Å²) in [6.45, 7) is 4.02. The van der Waals surface area contributed by atoms with Crippen molar-refractivity contribution in [2.75, 3.05) is 4.90 Å². The quantitative estimate of drug-likeness (QED) is 0.787. The van der Waals surface area contributed by atoms with Crippen LogP contribution >= 0.6 is 11.3 Å². The van der Waals surface area contributed by atoms with Crippen molar-refractivity contribution in [3.8, 4) is 0 Å². The number of hydrogen-bond acceptors (Lipinski definition) is 3. The molecule has 4 heteroatoms. The van der Waals surface area contributed by atoms with Crippen LogP contribution < -0.4 is 4.90 Å². The van der Waals surface area contributed by atoms with Crippen molar-refractivity contribution in [2.24, 2.45) is 0 Å². The Kier molecular flexibility index (Phi) is 2.67. The van der Waals surface area contributed by atoms with E-state index in [2.05, 4.69) is 18.0 Å². The van der Waals surface area contributed by atoms with E-state index >= 15 is 0 Å². The van der Waals surface area contributed by atoms with E-state index in [9.17, 15) is 4.79 Å². The van der Waals surface area contributed by atoms with Gasteiger partial charge in [-0.05, 0) is 31.9 Å². The molecule has 0 radical (unpaired) electrons. The first-order valence-corrected chi connectivity index (χ1v) is 6.88. The summed E-state index contributed by atoms with van der Waals surface area (Å²) in [6.07, 6.45) is 0.922. The molecule has 1 aliphatic rings. The number of anilines is 1. The SMILES string of the molecule is Cc1scnc1C(=O)N1c2ccccc2CC1C. The minimum absolute atomic E-state index is 0.0196. The second-order valence-corrected chi connectivity index (χ2v) is 5.67. The van der Waals surface area contributed by atoms with E-state index in [-0.39, 0.29) is 11.9 Å². The molecule has 0 spiro atoms. The number of fused-ring (bicyclic) bond motifs is 1. The van der Waals surface area contributed by atoms with Gasteiger partial charge in [-0.1, -0.05) is 18.2 Å². The predicted octanol–water partition coefficient (Wildman–Crippen LogP) is 3.04. The Morgan fingerprint density at radius 3 is 2.94 bits per heavy atom. The van der Waals surface area contributed by atoms with Crippen LogP contribution in [0.4, 0.5) is 5.69 Å². The van der Waals surface area contributed by atoms with Crippen molar-refractivity contribution >= 4 is 22.9 Å². The molecule has 0 saturated carbocycles. The Labute approximate surface area is 110 Å². The molecule has 1 atom stereocenters. The third kappa shape index (κ3) is 1.64. The van der Waals surface area contributed by atoms with E-state index in [0.717, 1.165) is 17.0 Å². The van der Waals surface area contributed by atoms with Crippen LogP contribution in [0.1, 0.15) is 27.9 Å². The van der Waals surface area contributed by atoms with Crippen molar-refractivity contribution < 1.29 is 4.79 Å². The number of thiazole rings is 1. The zero-order chi connectivity index (χ0) is 12.7. The Morgan fingerprint density at radius 1 is 1.44 bits per heavy atom. The lowest BCUT2D eigenvalue weighted by molar-refractivity contribution is 0.0977. The normalized spacial score (nSPS) is 17.9. The van der Waals surface area contributed by atoms with Crippen LogP contribution in [-0.4, -0.2) is 16.9 Å². The van der Waals surface area contributed by atoms with Gasteiger partial charge in [0.1, 0.15) is 5.69 Å². The van der Waals surface area contributed by atoms with Gasteiger partial charge in [0, 0.05) is 16.6 Å². The molecule has 18 heavy (non-hydrogen) atoms. The zero-order valence-electron chi connectivity index (χ0n) is 10.4. The maximum atomic E-state index is 12.6. The number of nitrogens with zero attached hydrogens (tertiary/aromatic N) is 2. The summed E-state index contributed by atoms with van der Waals surface area (Å²) < 4.78 is 0. The number of benzene rings is 1. The average Bonchev–Trinajstić information content (AvgIpc) is 2.91. The highest BCUT2D eigenvalue weighted by molar-refractivity contribution is 7.09. The third-order valence-corrected chi connectivity index (χ3v) is 4.13. The Morgan fingerprint density at radius 2 is 2.22 bits per heavy atom. The Bertz CT molecular complexity index is 605. The number of carbonyl (C=O) groups is 1. The first kappa shape index (κ1) is 11.4. The first-order chi connectivity index (χ1) is 8.68. The van der Waals surface area contributed by atoms with Crippen molar-refractivity contribution in [2.45, 2.75) is 26.3 Å². The average molecular weight is 258 g/mol. The van der Waals surface area contributed by atoms with Crippen LogP contribution in [0.2, 0.25) is 0 Å². The van der Waals surface area contributed by atoms with E-state index in [1.165, 1.54) is 16.9 Å². The Balaban J connectivity index is 2.03. The molecule has 0 saturated heterocycles. The third-order valence-electron chi connectivity index (χ3n) is 3.37. The number of aromatic nitrogens is 1. The molecular weight excluding hydrogens is 244 g/mol. The molecule has 0 fully saturated rings. The lowest BCUT2D eigenvalue weighted by Gasteiger charge is -2.22. The van der Waals surface area contributed by atoms with E-state index in [1.54, 1.807) is 5.51 Å². The molecule has 1 aromatic heterocycles. The van der Waals surface area contributed by atoms with E-state index in [0.29, 0.717) is 5.69 Å². The van der Waals surface area contributed by atoms with Gasteiger partial charge in [0.15, 0.2) is 0 Å². The highest BCUT2D eigenvalue weighted by atomic mass is 32.1. The largest absolute Gasteiger partial charge is 0.304 e. The number of aryl methyl sites for hydroxylation is 1. The van der Waals surface area contributed by atoms with Crippen molar-refractivity contribution in [1.29, 1.82) is 0 Å². The minimum atomic E-state index is 0.0196. The Hall–Kier alpha value is -1.68. The number of para-hydroxylation sites is 1. The maximum Gasteiger partial charge on any atom is 0.278 e. The molecule has 1 unspecified atom stereocenters. The van der Waals surface area contributed by atoms with Gasteiger partial charge in [-0.15, -0.1) is 11.3 Å². The van der Waals surface area contributed by atoms with Gasteiger partial charge in [0.25, 0.3) is 5.91 Å². The summed E-state index contributed by atoms with van der Waals surface area (Å²) in [5.74, 6) is 0.0196. The molecule has 0 bridgehead atoms. The molecule has 2 aromatic rings. The van der Waals surface area contributed by atoms with Crippen LogP contribution in [-0.2, 0) is 6.42 Å². The lowest BCUT2D eigenvalue weighted by atomic mass is 10.1. The summed E-state index contributed by atoms with van der Waals surface area (Å²) in [5, 5.41) is 0. The van der Waals surface area contributed by atoms with Crippen molar-refractivity contribution in [3.63, 3.8) is 0 Å². The highest BCUT2D eigenvalue weighted by Crippen LogP contribution is 2.33. The number of hydrogen-bond donors (Lipinski definition) is 0. The topological polar surface area (TPSA) is 33.2 Å². The molecule has 1 aliphatic heterocycles. The van der Waals surface area contributed by atoms with Gasteiger partial charge in [-0.2, -0.15) is 0 Å². The summed E-state index contributed by atoms with van der Waals surface area (Å²) >= 11 is 1.52. The maximum absolute atomic E-state index is 12.6. The van der Waals surface area contributed by atoms with E-state index in [1.807, 2.05) is 30.0 Å². The van der Waals surface area contributed by atoms with Gasteiger partial charge < -0.3 is 4.90 Å². The van der Waals surface area contributed by atoms with Gasteiger partial charge in [-0.3, -0.25) is 4.79 Å². The number of amides is 1. The van der Waals surface area contributed by atoms with Gasteiger partial charge in [-0.25, -0.2) is 4.98 Å². The lowest BCUT2D eigenvalue weighted by Crippen LogP contribution is -2.36. The number of rotatable bonds is 1. The fourth-order valence-corrected chi connectivity index (χ4v) is 3.07. The summed E-state index contributed by atoms with van der Waals surface area (Å²) in [7, 11) is 0. The summed E-state index contributed by atoms with van der Waals surface area (Å²) in [4.78, 5) is 19.6. The van der Waals surface area contributed by atoms with Gasteiger partial charge >= 0.3 is 0 Å². The van der Waals surface area contributed by atoms with Crippen LogP contribution in [0.25, 0.3) is 0 Å². The highest BCUT2D eigenvalue weighted by Gasteiger charge is 2.32. The first-order valence-electron chi connectivity index (χ1n) is 6.00. The zero-order valence-corrected chi connectivity index (χ0v) is 11.2. The standard InChI is InChI=1S/C14H14N2OS/c1-9-7-11-5-3-4-6-12(11)16(9)14(17)13-10(2)18-8-15-13/h3-6,8-9H,7H2,1-2H3. The van der Waals surface area contributed by atoms with Crippen LogP contribution in [0.5, 0.6) is 0 Å². The fraction of sp³-hybridized carbons (Fsp3) is 0.286. The summed E-state index contributed by atoms with van der Waals surface area (Å²) in [5.41, 5.74) is 4.59. The second kappa shape index (κ2) is 4.21. The molecule has 0 aliphatic carbocycles.